The Morgan fingerprint density at radius 2 is 2.16 bits per heavy atom. The summed E-state index contributed by atoms with van der Waals surface area (Å²) in [6.45, 7) is 6.64. The molecule has 0 aliphatic carbocycles. The highest BCUT2D eigenvalue weighted by atomic mass is 35.5. The normalized spacial score (nSPS) is 16.5. The number of amides is 2. The first-order valence-corrected chi connectivity index (χ1v) is 6.82. The van der Waals surface area contributed by atoms with Crippen molar-refractivity contribution in [2.24, 2.45) is 0 Å². The van der Waals surface area contributed by atoms with Crippen LogP contribution < -0.4 is 10.2 Å². The van der Waals surface area contributed by atoms with Crippen molar-refractivity contribution in [1.82, 2.24) is 4.90 Å². The number of nitrogens with one attached hydrogen (secondary N) is 2. The highest BCUT2D eigenvalue weighted by Crippen LogP contribution is 2.19. The van der Waals surface area contributed by atoms with Crippen LogP contribution in [0.2, 0.25) is 5.02 Å². The van der Waals surface area contributed by atoms with Gasteiger partial charge in [0.05, 0.1) is 37.7 Å². The quantitative estimate of drug-likeness (QED) is 0.843. The number of hydrogen-bond acceptors (Lipinski definition) is 1. The summed E-state index contributed by atoms with van der Waals surface area (Å²) in [6, 6.07) is 4.02. The lowest BCUT2D eigenvalue weighted by atomic mass is 10.3. The average molecular weight is 287 g/mol. The maximum atomic E-state index is 13.0. The van der Waals surface area contributed by atoms with E-state index in [1.807, 2.05) is 0 Å². The van der Waals surface area contributed by atoms with Crippen molar-refractivity contribution in [1.29, 1.82) is 0 Å². The zero-order chi connectivity index (χ0) is 13.8. The van der Waals surface area contributed by atoms with Crippen LogP contribution >= 0.6 is 11.6 Å². The minimum Gasteiger partial charge on any atom is -0.332 e. The van der Waals surface area contributed by atoms with Gasteiger partial charge >= 0.3 is 6.03 Å². The van der Waals surface area contributed by atoms with E-state index in [9.17, 15) is 9.18 Å². The van der Waals surface area contributed by atoms with Gasteiger partial charge in [-0.3, -0.25) is 0 Å². The van der Waals surface area contributed by atoms with E-state index in [2.05, 4.69) is 12.2 Å². The van der Waals surface area contributed by atoms with Crippen molar-refractivity contribution < 1.29 is 14.1 Å². The number of carbonyl (C=O) groups is 1. The maximum Gasteiger partial charge on any atom is 0.322 e. The summed E-state index contributed by atoms with van der Waals surface area (Å²) in [4.78, 5) is 15.3. The molecule has 0 saturated carbocycles. The minimum absolute atomic E-state index is 0.0121. The molecule has 0 bridgehead atoms. The van der Waals surface area contributed by atoms with Crippen LogP contribution in [0.4, 0.5) is 14.9 Å². The lowest BCUT2D eigenvalue weighted by Gasteiger charge is -2.31. The standard InChI is InChI=1S/C13H17ClFN3O/c1-2-17-5-7-18(8-6-17)13(19)16-10-3-4-12(15)11(14)9-10/h3-4,9H,2,5-8H2,1H3,(H,16,19)/p+1. The molecule has 0 radical (unpaired) electrons. The first kappa shape index (κ1) is 14.1. The van der Waals surface area contributed by atoms with E-state index in [0.29, 0.717) is 5.69 Å². The molecule has 19 heavy (non-hydrogen) atoms. The summed E-state index contributed by atoms with van der Waals surface area (Å²) in [5.41, 5.74) is 0.515. The van der Waals surface area contributed by atoms with Crippen LogP contribution in [0.3, 0.4) is 0 Å². The summed E-state index contributed by atoms with van der Waals surface area (Å²) in [7, 11) is 0. The van der Waals surface area contributed by atoms with Crippen LogP contribution in [-0.2, 0) is 0 Å². The molecule has 0 spiro atoms. The summed E-state index contributed by atoms with van der Waals surface area (Å²) in [5, 5.41) is 2.75. The highest BCUT2D eigenvalue weighted by molar-refractivity contribution is 6.31. The van der Waals surface area contributed by atoms with E-state index in [1.54, 1.807) is 4.90 Å². The van der Waals surface area contributed by atoms with Crippen LogP contribution in [0.15, 0.2) is 18.2 Å². The molecular weight excluding hydrogens is 269 g/mol. The fraction of sp³-hybridized carbons (Fsp3) is 0.462. The number of rotatable bonds is 2. The molecule has 6 heteroatoms. The van der Waals surface area contributed by atoms with E-state index in [-0.39, 0.29) is 11.1 Å². The molecule has 1 aromatic carbocycles. The monoisotopic (exact) mass is 286 g/mol. The third-order valence-corrected chi connectivity index (χ3v) is 3.72. The Kier molecular flexibility index (Phi) is 4.61. The fourth-order valence-electron chi connectivity index (χ4n) is 2.16. The molecular formula is C13H18ClFN3O+. The third kappa shape index (κ3) is 3.58. The number of halogens is 2. The Morgan fingerprint density at radius 3 is 2.74 bits per heavy atom. The third-order valence-electron chi connectivity index (χ3n) is 3.43. The summed E-state index contributed by atoms with van der Waals surface area (Å²) < 4.78 is 13.0. The van der Waals surface area contributed by atoms with Crippen LogP contribution in [-0.4, -0.2) is 43.7 Å². The van der Waals surface area contributed by atoms with Crippen molar-refractivity contribution in [3.8, 4) is 0 Å². The van der Waals surface area contributed by atoms with E-state index in [1.165, 1.54) is 23.1 Å². The predicted octanol–water partition coefficient (Wildman–Crippen LogP) is 1.23. The second-order valence-electron chi connectivity index (χ2n) is 4.65. The van der Waals surface area contributed by atoms with Gasteiger partial charge in [-0.2, -0.15) is 0 Å². The van der Waals surface area contributed by atoms with Gasteiger partial charge in [-0.25, -0.2) is 9.18 Å². The first-order valence-electron chi connectivity index (χ1n) is 6.44. The minimum atomic E-state index is -0.486. The van der Waals surface area contributed by atoms with Gasteiger partial charge in [0.15, 0.2) is 0 Å². The molecule has 4 nitrogen and oxygen atoms in total. The number of carbonyl (C=O) groups excluding carboxylic acids is 1. The smallest absolute Gasteiger partial charge is 0.322 e. The van der Waals surface area contributed by atoms with Crippen LogP contribution in [0, 0.1) is 5.82 Å². The maximum absolute atomic E-state index is 13.0. The predicted molar refractivity (Wildman–Crippen MR) is 73.2 cm³/mol. The Labute approximate surface area is 117 Å². The molecule has 1 saturated heterocycles. The van der Waals surface area contributed by atoms with Crippen molar-refractivity contribution >= 4 is 23.3 Å². The lowest BCUT2D eigenvalue weighted by molar-refractivity contribution is -0.902. The van der Waals surface area contributed by atoms with Gasteiger partial charge in [-0.1, -0.05) is 11.6 Å². The molecule has 1 aliphatic rings. The zero-order valence-electron chi connectivity index (χ0n) is 10.9. The number of benzene rings is 1. The number of nitrogens with zero attached hydrogens (tertiary/aromatic N) is 1. The molecule has 1 fully saturated rings. The van der Waals surface area contributed by atoms with Crippen molar-refractivity contribution in [3.63, 3.8) is 0 Å². The lowest BCUT2D eigenvalue weighted by Crippen LogP contribution is -3.14. The number of quaternary nitrogens is 1. The van der Waals surface area contributed by atoms with E-state index >= 15 is 0 Å². The number of urea groups is 1. The second-order valence-corrected chi connectivity index (χ2v) is 5.06. The van der Waals surface area contributed by atoms with Gasteiger partial charge in [0, 0.05) is 5.69 Å². The Morgan fingerprint density at radius 1 is 1.47 bits per heavy atom. The van der Waals surface area contributed by atoms with Crippen LogP contribution in [0.1, 0.15) is 6.92 Å². The SMILES string of the molecule is CC[NH+]1CCN(C(=O)Nc2ccc(F)c(Cl)c2)CC1. The molecule has 0 unspecified atom stereocenters. The van der Waals surface area contributed by atoms with Crippen molar-refractivity contribution in [3.05, 3.63) is 29.0 Å². The van der Waals surface area contributed by atoms with Crippen LogP contribution in [0.25, 0.3) is 0 Å². The average Bonchev–Trinajstić information content (AvgIpc) is 2.43. The topological polar surface area (TPSA) is 36.8 Å². The molecule has 2 amide bonds. The van der Waals surface area contributed by atoms with Crippen LogP contribution in [0.5, 0.6) is 0 Å². The molecule has 104 valence electrons. The summed E-state index contributed by atoms with van der Waals surface area (Å²) in [6.07, 6.45) is 0. The number of likely N-dealkylation sites (N-methyl/N-ethyl adjacent to an activating group) is 1. The second kappa shape index (κ2) is 6.21. The first-order chi connectivity index (χ1) is 9.10. The molecule has 2 N–H and O–H groups in total. The zero-order valence-corrected chi connectivity index (χ0v) is 11.6. The van der Waals surface area contributed by atoms with Crippen molar-refractivity contribution in [2.45, 2.75) is 6.92 Å². The molecule has 1 heterocycles. The Balaban J connectivity index is 1.92. The van der Waals surface area contributed by atoms with E-state index < -0.39 is 5.82 Å². The summed E-state index contributed by atoms with van der Waals surface area (Å²) >= 11 is 5.68. The largest absolute Gasteiger partial charge is 0.332 e. The van der Waals surface area contributed by atoms with E-state index in [0.717, 1.165) is 32.7 Å². The fourth-order valence-corrected chi connectivity index (χ4v) is 2.34. The molecule has 0 aromatic heterocycles. The van der Waals surface area contributed by atoms with Gasteiger partial charge in [0.25, 0.3) is 0 Å². The Hall–Kier alpha value is -1.33. The van der Waals surface area contributed by atoms with Gasteiger partial charge < -0.3 is 15.1 Å². The molecule has 1 aromatic rings. The molecule has 2 rings (SSSR count). The number of anilines is 1. The Bertz CT molecular complexity index is 461. The van der Waals surface area contributed by atoms with Gasteiger partial charge in [-0.05, 0) is 25.1 Å². The van der Waals surface area contributed by atoms with E-state index in [4.69, 9.17) is 11.6 Å². The molecule has 0 atom stereocenters. The number of hydrogen-bond donors (Lipinski definition) is 2. The van der Waals surface area contributed by atoms with Crippen molar-refractivity contribution in [2.75, 3.05) is 38.0 Å². The summed E-state index contributed by atoms with van der Waals surface area (Å²) in [5.74, 6) is -0.486. The molecule has 1 aliphatic heterocycles. The number of piperazine rings is 1. The van der Waals surface area contributed by atoms with Gasteiger partial charge in [-0.15, -0.1) is 0 Å². The van der Waals surface area contributed by atoms with Gasteiger partial charge in [0.2, 0.25) is 0 Å². The highest BCUT2D eigenvalue weighted by Gasteiger charge is 2.22. The van der Waals surface area contributed by atoms with Gasteiger partial charge in [0.1, 0.15) is 5.82 Å².